The van der Waals surface area contributed by atoms with Gasteiger partial charge in [-0.15, -0.1) is 0 Å². The molecule has 0 spiro atoms. The van der Waals surface area contributed by atoms with Crippen LogP contribution in [0.15, 0.2) is 36.4 Å². The van der Waals surface area contributed by atoms with Crippen LogP contribution in [0, 0.1) is 27.7 Å². The van der Waals surface area contributed by atoms with Gasteiger partial charge in [0.15, 0.2) is 0 Å². The van der Waals surface area contributed by atoms with E-state index in [1.165, 1.54) is 32.6 Å². The maximum Gasteiger partial charge on any atom is 0.257 e. The van der Waals surface area contributed by atoms with Gasteiger partial charge in [-0.2, -0.15) is 0 Å². The van der Waals surface area contributed by atoms with E-state index in [1.807, 2.05) is 0 Å². The molecule has 2 aromatic carbocycles. The quantitative estimate of drug-likeness (QED) is 0.781. The molecule has 1 nitrogen and oxygen atoms in total. The van der Waals surface area contributed by atoms with Crippen molar-refractivity contribution in [1.82, 2.24) is 0 Å². The third-order valence-corrected chi connectivity index (χ3v) is 5.46. The van der Waals surface area contributed by atoms with E-state index in [0.29, 0.717) is 19.5 Å². The van der Waals surface area contributed by atoms with Gasteiger partial charge in [0.1, 0.15) is 0 Å². The molecule has 0 aliphatic rings. The highest BCUT2D eigenvalue weighted by atomic mass is 28.3. The molecule has 0 saturated carbocycles. The van der Waals surface area contributed by atoms with Crippen LogP contribution in [0.4, 0.5) is 0 Å². The van der Waals surface area contributed by atoms with Crippen LogP contribution in [-0.2, 0) is 4.12 Å². The largest absolute Gasteiger partial charge is 0.450 e. The van der Waals surface area contributed by atoms with Crippen LogP contribution in [0.3, 0.4) is 0 Å². The van der Waals surface area contributed by atoms with Crippen LogP contribution < -0.4 is 10.4 Å². The van der Waals surface area contributed by atoms with Gasteiger partial charge in [-0.25, -0.2) is 0 Å². The number of hydrogen-bond donors (Lipinski definition) is 0. The Kier molecular flexibility index (Phi) is 4.74. The van der Waals surface area contributed by atoms with Crippen molar-refractivity contribution in [2.45, 2.75) is 27.7 Å². The lowest BCUT2D eigenvalue weighted by atomic mass is 10.2. The molecule has 0 atom stereocenters. The van der Waals surface area contributed by atoms with Crippen LogP contribution in [0.5, 0.6) is 0 Å². The van der Waals surface area contributed by atoms with E-state index in [0.717, 1.165) is 0 Å². The summed E-state index contributed by atoms with van der Waals surface area (Å²) in [5.41, 5.74) is 5.26. The Morgan fingerprint density at radius 1 is 0.684 bits per heavy atom. The fourth-order valence-electron chi connectivity index (χ4n) is 1.99. The van der Waals surface area contributed by atoms with Gasteiger partial charge in [0.25, 0.3) is 19.5 Å². The van der Waals surface area contributed by atoms with E-state index in [4.69, 9.17) is 4.12 Å². The van der Waals surface area contributed by atoms with Gasteiger partial charge in [-0.3, -0.25) is 0 Å². The minimum atomic E-state index is 0.431. The second-order valence-electron chi connectivity index (χ2n) is 4.94. The molecular formula is C16H18OSi2. The summed E-state index contributed by atoms with van der Waals surface area (Å²) >= 11 is 0. The Morgan fingerprint density at radius 3 is 1.47 bits per heavy atom. The van der Waals surface area contributed by atoms with Crippen molar-refractivity contribution in [2.24, 2.45) is 0 Å². The van der Waals surface area contributed by atoms with E-state index in [1.54, 1.807) is 0 Å². The van der Waals surface area contributed by atoms with Crippen LogP contribution in [-0.4, -0.2) is 19.5 Å². The Bertz CT molecular complexity index is 527. The van der Waals surface area contributed by atoms with Crippen LogP contribution in [0.2, 0.25) is 0 Å². The first-order valence-electron chi connectivity index (χ1n) is 6.38. The minimum absolute atomic E-state index is 0.431. The van der Waals surface area contributed by atoms with E-state index in [2.05, 4.69) is 64.1 Å². The minimum Gasteiger partial charge on any atom is -0.450 e. The van der Waals surface area contributed by atoms with E-state index in [-0.39, 0.29) is 0 Å². The lowest BCUT2D eigenvalue weighted by Gasteiger charge is -2.08. The molecule has 2 aromatic rings. The highest BCUT2D eigenvalue weighted by Crippen LogP contribution is 2.01. The molecule has 0 unspecified atom stereocenters. The van der Waals surface area contributed by atoms with Crippen molar-refractivity contribution in [3.8, 4) is 0 Å². The molecule has 0 amide bonds. The van der Waals surface area contributed by atoms with Gasteiger partial charge in [-0.1, -0.05) is 47.5 Å². The zero-order chi connectivity index (χ0) is 13.8. The fourth-order valence-corrected chi connectivity index (χ4v) is 3.84. The number of aryl methyl sites for hydroxylation is 4. The normalized spacial score (nSPS) is 10.7. The van der Waals surface area contributed by atoms with Crippen molar-refractivity contribution < 1.29 is 4.12 Å². The standard InChI is InChI=1S/C16H18OSi2/c1-11-5-7-15(13(3)9-11)18-17-19-16-8-6-12(2)10-14(16)4/h5-10H,1-4H3. The lowest BCUT2D eigenvalue weighted by Crippen LogP contribution is -2.28. The Labute approximate surface area is 120 Å². The number of hydrogen-bond acceptors (Lipinski definition) is 1. The van der Waals surface area contributed by atoms with Crippen molar-refractivity contribution in [3.05, 3.63) is 58.7 Å². The molecule has 96 valence electrons. The molecule has 3 heteroatoms. The second kappa shape index (κ2) is 6.32. The first-order valence-corrected chi connectivity index (χ1v) is 8.20. The van der Waals surface area contributed by atoms with Crippen molar-refractivity contribution in [2.75, 3.05) is 0 Å². The summed E-state index contributed by atoms with van der Waals surface area (Å²) < 4.78 is 5.90. The zero-order valence-corrected chi connectivity index (χ0v) is 13.9. The fraction of sp³-hybridized carbons (Fsp3) is 0.250. The van der Waals surface area contributed by atoms with Crippen LogP contribution in [0.1, 0.15) is 22.3 Å². The predicted octanol–water partition coefficient (Wildman–Crippen LogP) is 2.13. The molecule has 0 heterocycles. The summed E-state index contributed by atoms with van der Waals surface area (Å²) in [6.45, 7) is 8.55. The van der Waals surface area contributed by atoms with Crippen LogP contribution in [0.25, 0.3) is 0 Å². The third kappa shape index (κ3) is 3.90. The highest BCUT2D eigenvalue weighted by molar-refractivity contribution is 6.60. The first-order chi connectivity index (χ1) is 9.06. The van der Waals surface area contributed by atoms with Crippen molar-refractivity contribution in [1.29, 1.82) is 0 Å². The second-order valence-corrected chi connectivity index (χ2v) is 7.25. The van der Waals surface area contributed by atoms with Gasteiger partial charge >= 0.3 is 0 Å². The van der Waals surface area contributed by atoms with Gasteiger partial charge in [0, 0.05) is 0 Å². The van der Waals surface area contributed by atoms with Gasteiger partial charge in [-0.05, 0) is 49.2 Å². The molecule has 0 N–H and O–H groups in total. The van der Waals surface area contributed by atoms with Crippen molar-refractivity contribution in [3.63, 3.8) is 0 Å². The van der Waals surface area contributed by atoms with Gasteiger partial charge in [0.05, 0.1) is 0 Å². The molecule has 0 saturated heterocycles. The molecule has 2 rings (SSSR count). The molecule has 0 aliphatic carbocycles. The smallest absolute Gasteiger partial charge is 0.257 e. The van der Waals surface area contributed by atoms with E-state index < -0.39 is 0 Å². The third-order valence-electron chi connectivity index (χ3n) is 3.09. The maximum absolute atomic E-state index is 5.90. The summed E-state index contributed by atoms with van der Waals surface area (Å²) in [5.74, 6) is 0. The molecule has 0 fully saturated rings. The van der Waals surface area contributed by atoms with Gasteiger partial charge in [0.2, 0.25) is 0 Å². The summed E-state index contributed by atoms with van der Waals surface area (Å²) in [5, 5.41) is 2.62. The highest BCUT2D eigenvalue weighted by Gasteiger charge is 2.05. The summed E-state index contributed by atoms with van der Waals surface area (Å²) in [6.07, 6.45) is 0. The Hall–Kier alpha value is -1.17. The number of rotatable bonds is 4. The molecule has 0 aromatic heterocycles. The van der Waals surface area contributed by atoms with Crippen LogP contribution >= 0.6 is 0 Å². The maximum atomic E-state index is 5.90. The molecule has 4 radical (unpaired) electrons. The molecule has 19 heavy (non-hydrogen) atoms. The van der Waals surface area contributed by atoms with E-state index in [9.17, 15) is 0 Å². The molecule has 0 aliphatic heterocycles. The SMILES string of the molecule is Cc1ccc([Si]O[Si]c2ccc(C)cc2C)c(C)c1. The van der Waals surface area contributed by atoms with Gasteiger partial charge < -0.3 is 4.12 Å². The lowest BCUT2D eigenvalue weighted by molar-refractivity contribution is 0.662. The average molecular weight is 282 g/mol. The van der Waals surface area contributed by atoms with Crippen molar-refractivity contribution >= 4 is 29.9 Å². The predicted molar refractivity (Wildman–Crippen MR) is 83.7 cm³/mol. The first kappa shape index (κ1) is 14.2. The average Bonchev–Trinajstić information content (AvgIpc) is 2.34. The summed E-state index contributed by atoms with van der Waals surface area (Å²) in [4.78, 5) is 0. The Morgan fingerprint density at radius 2 is 1.11 bits per heavy atom. The monoisotopic (exact) mass is 282 g/mol. The molecular weight excluding hydrogens is 264 g/mol. The number of benzene rings is 2. The molecule has 0 bridgehead atoms. The summed E-state index contributed by atoms with van der Waals surface area (Å²) in [7, 11) is 0.862. The topological polar surface area (TPSA) is 9.23 Å². The van der Waals surface area contributed by atoms with E-state index >= 15 is 0 Å². The Balaban J connectivity index is 1.96. The summed E-state index contributed by atoms with van der Waals surface area (Å²) in [6, 6.07) is 13.1. The zero-order valence-electron chi connectivity index (χ0n) is 11.9.